The summed E-state index contributed by atoms with van der Waals surface area (Å²) in [6.07, 6.45) is 0. The molecule has 0 aliphatic heterocycles. The lowest BCUT2D eigenvalue weighted by Gasteiger charge is -2.17. The van der Waals surface area contributed by atoms with E-state index >= 15 is 0 Å². The van der Waals surface area contributed by atoms with Gasteiger partial charge in [0.2, 0.25) is 5.91 Å². The van der Waals surface area contributed by atoms with Gasteiger partial charge < -0.3 is 14.4 Å². The summed E-state index contributed by atoms with van der Waals surface area (Å²) in [5.41, 5.74) is 0.889. The zero-order valence-electron chi connectivity index (χ0n) is 12.9. The minimum Gasteiger partial charge on any atom is -0.493 e. The Kier molecular flexibility index (Phi) is 5.72. The standard InChI is InChI=1S/C17H19NO3S/c1-18(13-7-5-4-6-8-13)17(19)12-22-14-9-10-15(20-2)16(11-14)21-3/h4-11H,12H2,1-3H3. The van der Waals surface area contributed by atoms with Crippen molar-refractivity contribution in [3.63, 3.8) is 0 Å². The van der Waals surface area contributed by atoms with Crippen molar-refractivity contribution in [2.45, 2.75) is 4.90 Å². The van der Waals surface area contributed by atoms with Crippen LogP contribution in [0, 0.1) is 0 Å². The summed E-state index contributed by atoms with van der Waals surface area (Å²) >= 11 is 1.47. The highest BCUT2D eigenvalue weighted by molar-refractivity contribution is 8.00. The summed E-state index contributed by atoms with van der Waals surface area (Å²) in [5.74, 6) is 1.75. The van der Waals surface area contributed by atoms with Gasteiger partial charge in [0.15, 0.2) is 11.5 Å². The van der Waals surface area contributed by atoms with Crippen molar-refractivity contribution in [2.24, 2.45) is 0 Å². The van der Waals surface area contributed by atoms with Crippen LogP contribution in [0.5, 0.6) is 11.5 Å². The molecule has 0 aromatic heterocycles. The number of methoxy groups -OCH3 is 2. The summed E-state index contributed by atoms with van der Waals surface area (Å²) in [6.45, 7) is 0. The molecule has 2 rings (SSSR count). The number of para-hydroxylation sites is 1. The fourth-order valence-corrected chi connectivity index (χ4v) is 2.78. The van der Waals surface area contributed by atoms with Crippen LogP contribution in [-0.2, 0) is 4.79 Å². The molecule has 0 saturated heterocycles. The van der Waals surface area contributed by atoms with Gasteiger partial charge in [0.05, 0.1) is 20.0 Å². The van der Waals surface area contributed by atoms with E-state index < -0.39 is 0 Å². The van der Waals surface area contributed by atoms with Crippen molar-refractivity contribution >= 4 is 23.4 Å². The molecule has 0 unspecified atom stereocenters. The van der Waals surface area contributed by atoms with Crippen molar-refractivity contribution in [3.8, 4) is 11.5 Å². The highest BCUT2D eigenvalue weighted by Gasteiger charge is 2.12. The van der Waals surface area contributed by atoms with Crippen LogP contribution in [0.1, 0.15) is 0 Å². The molecule has 0 saturated carbocycles. The Morgan fingerprint density at radius 3 is 2.36 bits per heavy atom. The van der Waals surface area contributed by atoms with E-state index in [9.17, 15) is 4.79 Å². The molecule has 5 heteroatoms. The molecule has 0 aliphatic rings. The second-order valence-corrected chi connectivity index (χ2v) is 5.64. The summed E-state index contributed by atoms with van der Waals surface area (Å²) in [4.78, 5) is 14.9. The average Bonchev–Trinajstić information content (AvgIpc) is 2.59. The number of hydrogen-bond acceptors (Lipinski definition) is 4. The average molecular weight is 317 g/mol. The third-order valence-electron chi connectivity index (χ3n) is 3.23. The monoisotopic (exact) mass is 317 g/mol. The summed E-state index contributed by atoms with van der Waals surface area (Å²) in [5, 5.41) is 0. The molecule has 0 aliphatic carbocycles. The van der Waals surface area contributed by atoms with E-state index in [1.807, 2.05) is 48.5 Å². The Morgan fingerprint density at radius 1 is 1.05 bits per heavy atom. The van der Waals surface area contributed by atoms with E-state index in [0.29, 0.717) is 17.3 Å². The Hall–Kier alpha value is -2.14. The molecule has 22 heavy (non-hydrogen) atoms. The van der Waals surface area contributed by atoms with Crippen LogP contribution >= 0.6 is 11.8 Å². The largest absolute Gasteiger partial charge is 0.493 e. The molecular formula is C17H19NO3S. The molecule has 116 valence electrons. The molecule has 2 aromatic rings. The first kappa shape index (κ1) is 16.2. The van der Waals surface area contributed by atoms with Crippen molar-refractivity contribution in [3.05, 3.63) is 48.5 Å². The van der Waals surface area contributed by atoms with E-state index in [2.05, 4.69) is 0 Å². The number of benzene rings is 2. The van der Waals surface area contributed by atoms with E-state index in [1.54, 1.807) is 26.2 Å². The molecular weight excluding hydrogens is 298 g/mol. The summed E-state index contributed by atoms with van der Waals surface area (Å²) in [6, 6.07) is 15.2. The molecule has 0 N–H and O–H groups in total. The number of carbonyl (C=O) groups excluding carboxylic acids is 1. The van der Waals surface area contributed by atoms with Gasteiger partial charge in [0.1, 0.15) is 0 Å². The van der Waals surface area contributed by atoms with Crippen molar-refractivity contribution in [2.75, 3.05) is 31.9 Å². The van der Waals surface area contributed by atoms with E-state index in [4.69, 9.17) is 9.47 Å². The molecule has 0 bridgehead atoms. The topological polar surface area (TPSA) is 38.8 Å². The Labute approximate surface area is 135 Å². The lowest BCUT2D eigenvalue weighted by molar-refractivity contribution is -0.115. The fraction of sp³-hybridized carbons (Fsp3) is 0.235. The molecule has 4 nitrogen and oxygen atoms in total. The molecule has 0 fully saturated rings. The number of anilines is 1. The third-order valence-corrected chi connectivity index (χ3v) is 4.21. The Bertz CT molecular complexity index is 631. The lowest BCUT2D eigenvalue weighted by Crippen LogP contribution is -2.27. The van der Waals surface area contributed by atoms with Crippen LogP contribution in [0.15, 0.2) is 53.4 Å². The van der Waals surface area contributed by atoms with Crippen molar-refractivity contribution in [1.29, 1.82) is 0 Å². The number of ether oxygens (including phenoxy) is 2. The van der Waals surface area contributed by atoms with Crippen LogP contribution in [0.2, 0.25) is 0 Å². The predicted octanol–water partition coefficient (Wildman–Crippen LogP) is 3.46. The van der Waals surface area contributed by atoms with Crippen LogP contribution in [0.4, 0.5) is 5.69 Å². The maximum atomic E-state index is 12.2. The maximum Gasteiger partial charge on any atom is 0.237 e. The first-order valence-corrected chi connectivity index (χ1v) is 7.80. The smallest absolute Gasteiger partial charge is 0.237 e. The van der Waals surface area contributed by atoms with E-state index in [-0.39, 0.29) is 5.91 Å². The van der Waals surface area contributed by atoms with Gasteiger partial charge in [0, 0.05) is 17.6 Å². The highest BCUT2D eigenvalue weighted by Crippen LogP contribution is 2.32. The van der Waals surface area contributed by atoms with Gasteiger partial charge in [-0.05, 0) is 30.3 Å². The maximum absolute atomic E-state index is 12.2. The van der Waals surface area contributed by atoms with Gasteiger partial charge in [-0.15, -0.1) is 11.8 Å². The number of amides is 1. The molecule has 2 aromatic carbocycles. The van der Waals surface area contributed by atoms with Crippen LogP contribution in [-0.4, -0.2) is 32.9 Å². The van der Waals surface area contributed by atoms with Crippen molar-refractivity contribution < 1.29 is 14.3 Å². The number of nitrogens with zero attached hydrogens (tertiary/aromatic N) is 1. The summed E-state index contributed by atoms with van der Waals surface area (Å²) in [7, 11) is 4.98. The quantitative estimate of drug-likeness (QED) is 0.765. The number of thioether (sulfide) groups is 1. The van der Waals surface area contributed by atoms with Gasteiger partial charge in [-0.2, -0.15) is 0 Å². The first-order valence-electron chi connectivity index (χ1n) is 6.82. The normalized spacial score (nSPS) is 10.1. The predicted molar refractivity (Wildman–Crippen MR) is 90.1 cm³/mol. The second kappa shape index (κ2) is 7.75. The Balaban J connectivity index is 1.99. The highest BCUT2D eigenvalue weighted by atomic mass is 32.2. The van der Waals surface area contributed by atoms with Gasteiger partial charge in [-0.3, -0.25) is 4.79 Å². The first-order chi connectivity index (χ1) is 10.7. The number of rotatable bonds is 6. The van der Waals surface area contributed by atoms with Gasteiger partial charge >= 0.3 is 0 Å². The zero-order valence-corrected chi connectivity index (χ0v) is 13.7. The van der Waals surface area contributed by atoms with Crippen LogP contribution in [0.3, 0.4) is 0 Å². The van der Waals surface area contributed by atoms with Crippen molar-refractivity contribution in [1.82, 2.24) is 0 Å². The molecule has 1 amide bonds. The minimum atomic E-state index is 0.0472. The fourth-order valence-electron chi connectivity index (χ4n) is 1.94. The van der Waals surface area contributed by atoms with E-state index in [1.165, 1.54) is 11.8 Å². The lowest BCUT2D eigenvalue weighted by atomic mass is 10.3. The van der Waals surface area contributed by atoms with E-state index in [0.717, 1.165) is 10.6 Å². The zero-order chi connectivity index (χ0) is 15.9. The third kappa shape index (κ3) is 3.95. The molecule has 0 radical (unpaired) electrons. The van der Waals surface area contributed by atoms with Crippen LogP contribution in [0.25, 0.3) is 0 Å². The number of hydrogen-bond donors (Lipinski definition) is 0. The summed E-state index contributed by atoms with van der Waals surface area (Å²) < 4.78 is 10.5. The van der Waals surface area contributed by atoms with Gasteiger partial charge in [-0.1, -0.05) is 18.2 Å². The molecule has 0 atom stereocenters. The second-order valence-electron chi connectivity index (χ2n) is 4.59. The van der Waals surface area contributed by atoms with Gasteiger partial charge in [0.25, 0.3) is 0 Å². The van der Waals surface area contributed by atoms with Gasteiger partial charge in [-0.25, -0.2) is 0 Å². The molecule has 0 spiro atoms. The minimum absolute atomic E-state index is 0.0472. The SMILES string of the molecule is COc1ccc(SCC(=O)N(C)c2ccccc2)cc1OC. The Morgan fingerprint density at radius 2 is 1.73 bits per heavy atom. The van der Waals surface area contributed by atoms with Crippen LogP contribution < -0.4 is 14.4 Å². The number of carbonyl (C=O) groups is 1. The molecule has 0 heterocycles.